The Morgan fingerprint density at radius 2 is 2.13 bits per heavy atom. The first kappa shape index (κ1) is 20.3. The van der Waals surface area contributed by atoms with Crippen molar-refractivity contribution in [3.05, 3.63) is 29.1 Å². The Bertz CT molecular complexity index is 532. The maximum absolute atomic E-state index is 13.6. The number of hydrogen-bond acceptors (Lipinski definition) is 4. The number of aliphatic imine (C=N–C) groups is 1. The lowest BCUT2D eigenvalue weighted by Gasteiger charge is -2.21. The normalized spacial score (nSPS) is 13.6. The molecule has 130 valence electrons. The molecule has 0 spiro atoms. The Morgan fingerprint density at radius 1 is 1.35 bits per heavy atom. The van der Waals surface area contributed by atoms with Crippen LogP contribution in [0.3, 0.4) is 0 Å². The van der Waals surface area contributed by atoms with Gasteiger partial charge in [0, 0.05) is 31.5 Å². The molecule has 1 aliphatic rings. The summed E-state index contributed by atoms with van der Waals surface area (Å²) in [6.07, 6.45) is 2.72. The monoisotopic (exact) mass is 455 g/mol. The highest BCUT2D eigenvalue weighted by molar-refractivity contribution is 14.0. The zero-order valence-corrected chi connectivity index (χ0v) is 16.5. The summed E-state index contributed by atoms with van der Waals surface area (Å²) in [6.45, 7) is 2.12. The van der Waals surface area contributed by atoms with Crippen molar-refractivity contribution in [3.63, 3.8) is 0 Å². The minimum absolute atomic E-state index is 0. The van der Waals surface area contributed by atoms with Crippen LogP contribution in [0.4, 0.5) is 4.39 Å². The number of nitrogens with zero attached hydrogens (tertiary/aromatic N) is 1. The molecule has 0 aliphatic carbocycles. The summed E-state index contributed by atoms with van der Waals surface area (Å²) in [7, 11) is 1.74. The lowest BCUT2D eigenvalue weighted by Crippen LogP contribution is -2.39. The van der Waals surface area contributed by atoms with Gasteiger partial charge in [-0.25, -0.2) is 4.39 Å². The Labute approximate surface area is 157 Å². The third kappa shape index (κ3) is 6.34. The number of ether oxygens (including phenoxy) is 2. The molecule has 0 radical (unpaired) electrons. The van der Waals surface area contributed by atoms with Crippen molar-refractivity contribution in [1.82, 2.24) is 10.6 Å². The molecule has 0 bridgehead atoms. The predicted molar refractivity (Wildman–Crippen MR) is 104 cm³/mol. The SMILES string of the molecule is CN=C(NCCSC)NCCc1cc(F)cc2c1OCOC2.I. The molecular weight excluding hydrogens is 432 g/mol. The van der Waals surface area contributed by atoms with Crippen molar-refractivity contribution in [2.24, 2.45) is 4.99 Å². The fraction of sp³-hybridized carbons (Fsp3) is 0.533. The molecule has 2 rings (SSSR count). The lowest BCUT2D eigenvalue weighted by atomic mass is 10.1. The third-order valence-electron chi connectivity index (χ3n) is 3.26. The second-order valence-corrected chi connectivity index (χ2v) is 5.82. The van der Waals surface area contributed by atoms with Crippen LogP contribution in [0.2, 0.25) is 0 Å². The van der Waals surface area contributed by atoms with Crippen LogP contribution >= 0.6 is 35.7 Å². The first-order valence-corrected chi connectivity index (χ1v) is 8.59. The highest BCUT2D eigenvalue weighted by atomic mass is 127. The number of hydrogen-bond donors (Lipinski definition) is 2. The van der Waals surface area contributed by atoms with Crippen molar-refractivity contribution in [2.75, 3.05) is 38.9 Å². The van der Waals surface area contributed by atoms with E-state index in [2.05, 4.69) is 21.9 Å². The van der Waals surface area contributed by atoms with Crippen molar-refractivity contribution in [2.45, 2.75) is 13.0 Å². The van der Waals surface area contributed by atoms with Crippen molar-refractivity contribution in [1.29, 1.82) is 0 Å². The quantitative estimate of drug-likeness (QED) is 0.299. The van der Waals surface area contributed by atoms with Crippen LogP contribution < -0.4 is 15.4 Å². The molecule has 1 heterocycles. The average Bonchev–Trinajstić information content (AvgIpc) is 2.53. The summed E-state index contributed by atoms with van der Waals surface area (Å²) < 4.78 is 24.3. The van der Waals surface area contributed by atoms with Crippen molar-refractivity contribution >= 4 is 41.7 Å². The zero-order chi connectivity index (χ0) is 15.8. The van der Waals surface area contributed by atoms with Crippen LogP contribution in [-0.2, 0) is 17.8 Å². The number of thioether (sulfide) groups is 1. The molecule has 0 fully saturated rings. The Morgan fingerprint density at radius 3 is 2.87 bits per heavy atom. The van der Waals surface area contributed by atoms with E-state index >= 15 is 0 Å². The summed E-state index contributed by atoms with van der Waals surface area (Å²) in [5.74, 6) is 2.26. The molecule has 1 aromatic rings. The van der Waals surface area contributed by atoms with Gasteiger partial charge in [-0.3, -0.25) is 4.99 Å². The topological polar surface area (TPSA) is 54.9 Å². The van der Waals surface area contributed by atoms with Crippen LogP contribution in [0, 0.1) is 5.82 Å². The standard InChI is InChI=1S/C15H22FN3O2S.HI/c1-17-15(19-5-6-22-2)18-4-3-11-7-13(16)8-12-9-20-10-21-14(11)12;/h7-8H,3-6,9-10H2,1-2H3,(H2,17,18,19);1H. The van der Waals surface area contributed by atoms with E-state index < -0.39 is 0 Å². The smallest absolute Gasteiger partial charge is 0.191 e. The van der Waals surface area contributed by atoms with E-state index in [1.165, 1.54) is 12.1 Å². The van der Waals surface area contributed by atoms with E-state index in [1.54, 1.807) is 18.8 Å². The highest BCUT2D eigenvalue weighted by Crippen LogP contribution is 2.29. The predicted octanol–water partition coefficient (Wildman–Crippen LogP) is 2.38. The van der Waals surface area contributed by atoms with Gasteiger partial charge in [-0.1, -0.05) is 0 Å². The third-order valence-corrected chi connectivity index (χ3v) is 3.87. The molecule has 8 heteroatoms. The van der Waals surface area contributed by atoms with Crippen LogP contribution in [0.5, 0.6) is 5.75 Å². The number of nitrogens with one attached hydrogen (secondary N) is 2. The van der Waals surface area contributed by atoms with Gasteiger partial charge < -0.3 is 20.1 Å². The highest BCUT2D eigenvalue weighted by Gasteiger charge is 2.16. The van der Waals surface area contributed by atoms with E-state index in [1.807, 2.05) is 0 Å². The van der Waals surface area contributed by atoms with Gasteiger partial charge in [-0.15, -0.1) is 24.0 Å². The lowest BCUT2D eigenvalue weighted by molar-refractivity contribution is -0.0172. The largest absolute Gasteiger partial charge is 0.467 e. The maximum atomic E-state index is 13.6. The molecule has 0 saturated heterocycles. The molecule has 0 atom stereocenters. The first-order valence-electron chi connectivity index (χ1n) is 7.20. The van der Waals surface area contributed by atoms with E-state index in [4.69, 9.17) is 9.47 Å². The molecule has 1 aliphatic heterocycles. The summed E-state index contributed by atoms with van der Waals surface area (Å²) in [6, 6.07) is 2.99. The summed E-state index contributed by atoms with van der Waals surface area (Å²) in [4.78, 5) is 4.16. The number of guanidine groups is 1. The van der Waals surface area contributed by atoms with Crippen LogP contribution in [-0.4, -0.2) is 44.9 Å². The van der Waals surface area contributed by atoms with Gasteiger partial charge in [0.25, 0.3) is 0 Å². The van der Waals surface area contributed by atoms with Crippen LogP contribution in [0.25, 0.3) is 0 Å². The van der Waals surface area contributed by atoms with Gasteiger partial charge in [0.2, 0.25) is 0 Å². The molecular formula is C15H23FIN3O2S. The number of benzene rings is 1. The van der Waals surface area contributed by atoms with Gasteiger partial charge in [-0.2, -0.15) is 11.8 Å². The van der Waals surface area contributed by atoms with E-state index in [-0.39, 0.29) is 36.6 Å². The minimum Gasteiger partial charge on any atom is -0.467 e. The number of fused-ring (bicyclic) bond motifs is 1. The van der Waals surface area contributed by atoms with Gasteiger partial charge in [0.15, 0.2) is 12.8 Å². The Hall–Kier alpha value is -0.740. The summed E-state index contributed by atoms with van der Waals surface area (Å²) in [5, 5.41) is 6.45. The van der Waals surface area contributed by atoms with Gasteiger partial charge in [0.05, 0.1) is 6.61 Å². The Kier molecular flexibility index (Phi) is 9.65. The maximum Gasteiger partial charge on any atom is 0.191 e. The molecule has 5 nitrogen and oxygen atoms in total. The van der Waals surface area contributed by atoms with Crippen LogP contribution in [0.15, 0.2) is 17.1 Å². The average molecular weight is 455 g/mol. The fourth-order valence-electron chi connectivity index (χ4n) is 2.25. The second kappa shape index (κ2) is 10.9. The van der Waals surface area contributed by atoms with E-state index in [9.17, 15) is 4.39 Å². The molecule has 2 N–H and O–H groups in total. The van der Waals surface area contributed by atoms with E-state index in [0.29, 0.717) is 19.6 Å². The molecule has 0 unspecified atom stereocenters. The number of rotatable bonds is 6. The first-order chi connectivity index (χ1) is 10.7. The minimum atomic E-state index is -0.259. The summed E-state index contributed by atoms with van der Waals surface area (Å²) >= 11 is 1.78. The second-order valence-electron chi connectivity index (χ2n) is 4.83. The van der Waals surface area contributed by atoms with Gasteiger partial charge >= 0.3 is 0 Å². The van der Waals surface area contributed by atoms with Crippen LogP contribution in [0.1, 0.15) is 11.1 Å². The Balaban J connectivity index is 0.00000264. The summed E-state index contributed by atoms with van der Waals surface area (Å²) in [5.41, 5.74) is 1.62. The van der Waals surface area contributed by atoms with Gasteiger partial charge in [-0.05, 0) is 30.4 Å². The molecule has 1 aromatic carbocycles. The molecule has 0 aromatic heterocycles. The molecule has 0 saturated carbocycles. The zero-order valence-electron chi connectivity index (χ0n) is 13.4. The van der Waals surface area contributed by atoms with Crippen molar-refractivity contribution < 1.29 is 13.9 Å². The number of halogens is 2. The molecule has 23 heavy (non-hydrogen) atoms. The molecule has 0 amide bonds. The van der Waals surface area contributed by atoms with Crippen molar-refractivity contribution in [3.8, 4) is 5.75 Å². The fourth-order valence-corrected chi connectivity index (χ4v) is 2.56. The van der Waals surface area contributed by atoms with Gasteiger partial charge in [0.1, 0.15) is 11.6 Å². The van der Waals surface area contributed by atoms with E-state index in [0.717, 1.165) is 35.1 Å².